The van der Waals surface area contributed by atoms with Gasteiger partial charge in [-0.3, -0.25) is 0 Å². The van der Waals surface area contributed by atoms with Crippen LogP contribution in [0.3, 0.4) is 0 Å². The Kier molecular flexibility index (Phi) is 3.06. The van der Waals surface area contributed by atoms with Crippen LogP contribution >= 0.6 is 0 Å². The lowest BCUT2D eigenvalue weighted by Gasteiger charge is -2.32. The van der Waals surface area contributed by atoms with E-state index in [4.69, 9.17) is 14.0 Å². The van der Waals surface area contributed by atoms with Gasteiger partial charge < -0.3 is 14.0 Å². The molecular weight excluding hydrogens is 383 g/mol. The molecule has 1 saturated heterocycles. The molecule has 7 rings (SSSR count). The fourth-order valence-corrected chi connectivity index (χ4v) is 5.66. The zero-order chi connectivity index (χ0) is 21.3. The highest BCUT2D eigenvalue weighted by molar-refractivity contribution is 6.68. The molecule has 1 fully saturated rings. The van der Waals surface area contributed by atoms with E-state index >= 15 is 0 Å². The minimum atomic E-state index is -0.486. The van der Waals surface area contributed by atoms with Crippen molar-refractivity contribution in [3.05, 3.63) is 48.5 Å². The molecule has 0 spiro atoms. The van der Waals surface area contributed by atoms with Crippen LogP contribution in [0.4, 0.5) is 0 Å². The van der Waals surface area contributed by atoms with Crippen LogP contribution in [0.5, 0.6) is 5.75 Å². The highest BCUT2D eigenvalue weighted by Gasteiger charge is 2.53. The topological polar surface area (TPSA) is 27.7 Å². The van der Waals surface area contributed by atoms with Gasteiger partial charge in [0, 0.05) is 16.2 Å². The summed E-state index contributed by atoms with van der Waals surface area (Å²) >= 11 is 0. The van der Waals surface area contributed by atoms with Crippen molar-refractivity contribution in [2.75, 3.05) is 7.11 Å². The van der Waals surface area contributed by atoms with Crippen molar-refractivity contribution in [3.8, 4) is 5.75 Å². The van der Waals surface area contributed by atoms with Gasteiger partial charge in [0.25, 0.3) is 0 Å². The third-order valence-corrected chi connectivity index (χ3v) is 7.87. The summed E-state index contributed by atoms with van der Waals surface area (Å²) in [6.45, 7) is 8.39. The first-order chi connectivity index (χ1) is 14.8. The molecule has 0 aromatic heterocycles. The molecule has 31 heavy (non-hydrogen) atoms. The summed E-state index contributed by atoms with van der Waals surface area (Å²) in [6.07, 6.45) is 0. The minimum absolute atomic E-state index is 0.416. The maximum absolute atomic E-state index is 6.52. The average Bonchev–Trinajstić information content (AvgIpc) is 3.21. The fraction of sp³-hybridized carbons (Fsp3) is 0.259. The Morgan fingerprint density at radius 1 is 0.613 bits per heavy atom. The van der Waals surface area contributed by atoms with Gasteiger partial charge in [0.1, 0.15) is 5.75 Å². The van der Waals surface area contributed by atoms with Gasteiger partial charge in [0.15, 0.2) is 0 Å². The SMILES string of the molecule is COc1c(B2OC(C)(C)C(C)(C)O2)c2ccc3ccc4ccc5ccc1c1c5c4c3c21. The molecule has 0 aliphatic carbocycles. The third kappa shape index (κ3) is 1.94. The van der Waals surface area contributed by atoms with Crippen molar-refractivity contribution in [1.82, 2.24) is 0 Å². The number of hydrogen-bond donors (Lipinski definition) is 0. The van der Waals surface area contributed by atoms with Gasteiger partial charge in [0.2, 0.25) is 0 Å². The Morgan fingerprint density at radius 2 is 1.03 bits per heavy atom. The number of hydrogen-bond acceptors (Lipinski definition) is 3. The number of methoxy groups -OCH3 is 1. The smallest absolute Gasteiger partial charge is 0.496 e. The Balaban J connectivity index is 1.72. The second kappa shape index (κ2) is 5.32. The van der Waals surface area contributed by atoms with Gasteiger partial charge >= 0.3 is 7.12 Å². The Hall–Kier alpha value is -2.82. The average molecular weight is 406 g/mol. The molecule has 0 bridgehead atoms. The van der Waals surface area contributed by atoms with Crippen LogP contribution in [0.15, 0.2) is 48.5 Å². The van der Waals surface area contributed by atoms with Gasteiger partial charge in [-0.15, -0.1) is 0 Å². The quantitative estimate of drug-likeness (QED) is 0.258. The van der Waals surface area contributed by atoms with Crippen molar-refractivity contribution >= 4 is 66.4 Å². The maximum Gasteiger partial charge on any atom is 0.499 e. The zero-order valence-corrected chi connectivity index (χ0v) is 18.4. The van der Waals surface area contributed by atoms with Crippen LogP contribution in [-0.2, 0) is 9.31 Å². The van der Waals surface area contributed by atoms with Crippen molar-refractivity contribution in [2.45, 2.75) is 38.9 Å². The Labute approximate surface area is 181 Å². The lowest BCUT2D eigenvalue weighted by atomic mass is 9.73. The van der Waals surface area contributed by atoms with Crippen molar-refractivity contribution in [3.63, 3.8) is 0 Å². The molecule has 4 heteroatoms. The van der Waals surface area contributed by atoms with E-state index in [9.17, 15) is 0 Å². The van der Waals surface area contributed by atoms with E-state index in [1.165, 1.54) is 43.1 Å². The van der Waals surface area contributed by atoms with Gasteiger partial charge in [0.05, 0.1) is 18.3 Å². The molecule has 1 heterocycles. The predicted octanol–water partition coefficient (Wildman–Crippen LogP) is 6.07. The number of rotatable bonds is 2. The molecule has 1 aliphatic heterocycles. The van der Waals surface area contributed by atoms with Crippen LogP contribution in [0.1, 0.15) is 27.7 Å². The second-order valence-electron chi connectivity index (χ2n) is 9.94. The van der Waals surface area contributed by atoms with Crippen LogP contribution in [-0.4, -0.2) is 25.4 Å². The van der Waals surface area contributed by atoms with Crippen LogP contribution in [0.2, 0.25) is 0 Å². The van der Waals surface area contributed by atoms with E-state index in [0.29, 0.717) is 0 Å². The molecule has 3 nitrogen and oxygen atoms in total. The van der Waals surface area contributed by atoms with Crippen molar-refractivity contribution in [2.24, 2.45) is 0 Å². The van der Waals surface area contributed by atoms with E-state index in [-0.39, 0.29) is 0 Å². The van der Waals surface area contributed by atoms with Gasteiger partial charge in [-0.05, 0) is 70.8 Å². The summed E-state index contributed by atoms with van der Waals surface area (Å²) in [7, 11) is 1.27. The fourth-order valence-electron chi connectivity index (χ4n) is 5.66. The van der Waals surface area contributed by atoms with Crippen molar-refractivity contribution in [1.29, 1.82) is 0 Å². The largest absolute Gasteiger partial charge is 0.499 e. The lowest BCUT2D eigenvalue weighted by molar-refractivity contribution is 0.00578. The number of benzene rings is 5. The van der Waals surface area contributed by atoms with Gasteiger partial charge in [-0.1, -0.05) is 48.5 Å². The molecular formula is C27H23BO3. The van der Waals surface area contributed by atoms with Crippen LogP contribution in [0, 0.1) is 0 Å². The maximum atomic E-state index is 6.52. The summed E-state index contributed by atoms with van der Waals surface area (Å²) in [4.78, 5) is 0. The molecule has 6 aromatic carbocycles. The molecule has 0 atom stereocenters. The first-order valence-corrected chi connectivity index (χ1v) is 10.9. The summed E-state index contributed by atoms with van der Waals surface area (Å²) in [5.41, 5.74) is 0.164. The summed E-state index contributed by atoms with van der Waals surface area (Å²) in [6, 6.07) is 17.8. The number of ether oxygens (including phenoxy) is 1. The Morgan fingerprint density at radius 3 is 1.55 bits per heavy atom. The zero-order valence-electron chi connectivity index (χ0n) is 18.4. The molecule has 0 radical (unpaired) electrons. The Bertz CT molecular complexity index is 1610. The van der Waals surface area contributed by atoms with E-state index in [0.717, 1.165) is 22.0 Å². The van der Waals surface area contributed by atoms with Gasteiger partial charge in [-0.2, -0.15) is 0 Å². The normalized spacial score (nSPS) is 18.7. The highest BCUT2D eigenvalue weighted by atomic mass is 16.7. The molecule has 0 amide bonds. The monoisotopic (exact) mass is 406 g/mol. The second-order valence-corrected chi connectivity index (χ2v) is 9.94. The molecule has 0 saturated carbocycles. The van der Waals surface area contributed by atoms with E-state index in [1.807, 2.05) is 0 Å². The van der Waals surface area contributed by atoms with E-state index in [1.54, 1.807) is 7.11 Å². The molecule has 152 valence electrons. The standard InChI is InChI=1S/C27H23BO3/c1-26(2)27(3,4)31-28(30-26)24-17-12-10-15-8-6-14-7-9-16-11-13-18(25(24)29-5)23-21(16)19(14)20(15)22(17)23/h6-13H,1-5H3. The van der Waals surface area contributed by atoms with Crippen molar-refractivity contribution < 1.29 is 14.0 Å². The third-order valence-electron chi connectivity index (χ3n) is 7.87. The van der Waals surface area contributed by atoms with Crippen LogP contribution in [0.25, 0.3) is 53.9 Å². The molecule has 6 aromatic rings. The first-order valence-electron chi connectivity index (χ1n) is 10.9. The summed E-state index contributed by atoms with van der Waals surface area (Å²) in [5.74, 6) is 0.854. The summed E-state index contributed by atoms with van der Waals surface area (Å²) < 4.78 is 19.1. The minimum Gasteiger partial charge on any atom is -0.496 e. The van der Waals surface area contributed by atoms with E-state index < -0.39 is 18.3 Å². The predicted molar refractivity (Wildman–Crippen MR) is 130 cm³/mol. The van der Waals surface area contributed by atoms with Crippen LogP contribution < -0.4 is 10.2 Å². The molecule has 0 unspecified atom stereocenters. The highest BCUT2D eigenvalue weighted by Crippen LogP contribution is 2.50. The first kappa shape index (κ1) is 17.8. The molecule has 1 aliphatic rings. The molecule has 0 N–H and O–H groups in total. The summed E-state index contributed by atoms with van der Waals surface area (Å²) in [5, 5.41) is 12.7. The lowest BCUT2D eigenvalue weighted by Crippen LogP contribution is -2.41. The van der Waals surface area contributed by atoms with Gasteiger partial charge in [-0.25, -0.2) is 0 Å². The van der Waals surface area contributed by atoms with E-state index in [2.05, 4.69) is 76.2 Å².